The summed E-state index contributed by atoms with van der Waals surface area (Å²) in [6, 6.07) is 13.9. The van der Waals surface area contributed by atoms with E-state index in [0.29, 0.717) is 5.69 Å². The first-order chi connectivity index (χ1) is 12.6. The molecule has 0 aliphatic rings. The van der Waals surface area contributed by atoms with Gasteiger partial charge in [-0.05, 0) is 30.2 Å². The first kappa shape index (κ1) is 17.8. The molecule has 0 saturated heterocycles. The summed E-state index contributed by atoms with van der Waals surface area (Å²) in [5, 5.41) is 10.8. The number of aromatic amines is 1. The number of benzene rings is 2. The molecule has 0 aliphatic heterocycles. The highest BCUT2D eigenvalue weighted by atomic mass is 35.5. The minimum Gasteiger partial charge on any atom is -0.272 e. The standard InChI is InChI=1S/C19H16ClFN4O/c1-2-12-6-8-13(9-7-12)17-10-18(24-23-17)19(26)25-22-11-14-15(20)4-3-5-16(14)21/h3-11H,2H2,1H3,(H,23,24)(H,25,26). The maximum Gasteiger partial charge on any atom is 0.289 e. The molecule has 1 amide bonds. The summed E-state index contributed by atoms with van der Waals surface area (Å²) < 4.78 is 13.6. The maximum atomic E-state index is 13.6. The second-order valence-electron chi connectivity index (χ2n) is 5.55. The van der Waals surface area contributed by atoms with Gasteiger partial charge in [0, 0.05) is 11.1 Å². The van der Waals surface area contributed by atoms with Gasteiger partial charge in [0.25, 0.3) is 5.91 Å². The SMILES string of the molecule is CCc1ccc(-c2cc(C(=O)NN=Cc3c(F)cccc3Cl)[nH]n2)cc1. The first-order valence-corrected chi connectivity index (χ1v) is 8.38. The quantitative estimate of drug-likeness (QED) is 0.522. The Morgan fingerprint density at radius 2 is 2.08 bits per heavy atom. The summed E-state index contributed by atoms with van der Waals surface area (Å²) >= 11 is 5.89. The van der Waals surface area contributed by atoms with E-state index in [4.69, 9.17) is 11.6 Å². The molecule has 0 atom stereocenters. The summed E-state index contributed by atoms with van der Waals surface area (Å²) in [5.74, 6) is -1.01. The zero-order valence-electron chi connectivity index (χ0n) is 14.0. The lowest BCUT2D eigenvalue weighted by molar-refractivity contribution is 0.0950. The lowest BCUT2D eigenvalue weighted by Crippen LogP contribution is -2.18. The Morgan fingerprint density at radius 1 is 1.31 bits per heavy atom. The molecule has 5 nitrogen and oxygen atoms in total. The molecule has 26 heavy (non-hydrogen) atoms. The fourth-order valence-corrected chi connectivity index (χ4v) is 2.56. The molecule has 3 aromatic rings. The molecule has 0 aliphatic carbocycles. The second-order valence-corrected chi connectivity index (χ2v) is 5.96. The van der Waals surface area contributed by atoms with E-state index >= 15 is 0 Å². The Morgan fingerprint density at radius 3 is 2.77 bits per heavy atom. The molecule has 3 rings (SSSR count). The van der Waals surface area contributed by atoms with Crippen LogP contribution in [0.25, 0.3) is 11.3 Å². The van der Waals surface area contributed by atoms with Gasteiger partial charge in [-0.25, -0.2) is 9.82 Å². The molecule has 0 saturated carbocycles. The number of nitrogens with one attached hydrogen (secondary N) is 2. The molecule has 1 heterocycles. The van der Waals surface area contributed by atoms with Gasteiger partial charge in [0.05, 0.1) is 16.9 Å². The topological polar surface area (TPSA) is 70.1 Å². The van der Waals surface area contributed by atoms with Gasteiger partial charge >= 0.3 is 0 Å². The smallest absolute Gasteiger partial charge is 0.272 e. The largest absolute Gasteiger partial charge is 0.289 e. The number of aryl methyl sites for hydroxylation is 1. The molecule has 132 valence electrons. The number of carbonyl (C=O) groups excluding carboxylic acids is 1. The number of hydrogen-bond acceptors (Lipinski definition) is 3. The molecule has 0 fully saturated rings. The van der Waals surface area contributed by atoms with Gasteiger partial charge in [0.1, 0.15) is 11.5 Å². The molecule has 1 aromatic heterocycles. The van der Waals surface area contributed by atoms with E-state index in [1.807, 2.05) is 24.3 Å². The number of H-pyrrole nitrogens is 1. The number of hydrazone groups is 1. The molecule has 7 heteroatoms. The molecule has 2 N–H and O–H groups in total. The average Bonchev–Trinajstić information content (AvgIpc) is 3.14. The fourth-order valence-electron chi connectivity index (χ4n) is 2.35. The molecule has 0 unspecified atom stereocenters. The van der Waals surface area contributed by atoms with Gasteiger partial charge < -0.3 is 0 Å². The number of rotatable bonds is 5. The van der Waals surface area contributed by atoms with Crippen LogP contribution < -0.4 is 5.43 Å². The van der Waals surface area contributed by atoms with Crippen molar-refractivity contribution in [3.05, 3.63) is 76.2 Å². The van der Waals surface area contributed by atoms with Crippen molar-refractivity contribution in [3.63, 3.8) is 0 Å². The third-order valence-electron chi connectivity index (χ3n) is 3.84. The highest BCUT2D eigenvalue weighted by Gasteiger charge is 2.11. The summed E-state index contributed by atoms with van der Waals surface area (Å²) in [6.07, 6.45) is 2.12. The van der Waals surface area contributed by atoms with Crippen LogP contribution in [0.3, 0.4) is 0 Å². The second kappa shape index (κ2) is 7.93. The summed E-state index contributed by atoms with van der Waals surface area (Å²) in [7, 11) is 0. The van der Waals surface area contributed by atoms with Gasteiger partial charge in [0.2, 0.25) is 0 Å². The molecular formula is C19H16ClFN4O. The predicted octanol–water partition coefficient (Wildman–Crippen LogP) is 4.20. The number of hydrogen-bond donors (Lipinski definition) is 2. The third kappa shape index (κ3) is 3.97. The van der Waals surface area contributed by atoms with Crippen molar-refractivity contribution in [2.24, 2.45) is 5.10 Å². The number of nitrogens with zero attached hydrogens (tertiary/aromatic N) is 2. The Balaban J connectivity index is 1.69. The van der Waals surface area contributed by atoms with Crippen LogP contribution in [0.2, 0.25) is 5.02 Å². The van der Waals surface area contributed by atoms with Gasteiger partial charge in [-0.15, -0.1) is 0 Å². The summed E-state index contributed by atoms with van der Waals surface area (Å²) in [5.41, 5.74) is 5.45. The molecule has 0 spiro atoms. The van der Waals surface area contributed by atoms with Crippen molar-refractivity contribution in [2.45, 2.75) is 13.3 Å². The van der Waals surface area contributed by atoms with Crippen molar-refractivity contribution in [3.8, 4) is 11.3 Å². The van der Waals surface area contributed by atoms with Crippen molar-refractivity contribution >= 4 is 23.7 Å². The minimum absolute atomic E-state index is 0.107. The Kier molecular flexibility index (Phi) is 5.43. The molecule has 0 bridgehead atoms. The molecule has 2 aromatic carbocycles. The number of halogens is 2. The normalized spacial score (nSPS) is 11.0. The zero-order valence-corrected chi connectivity index (χ0v) is 14.7. The summed E-state index contributed by atoms with van der Waals surface area (Å²) in [6.45, 7) is 2.08. The molecular weight excluding hydrogens is 355 g/mol. The number of amides is 1. The van der Waals surface area contributed by atoms with Crippen LogP contribution in [0.5, 0.6) is 0 Å². The third-order valence-corrected chi connectivity index (χ3v) is 4.17. The van der Waals surface area contributed by atoms with Crippen LogP contribution in [0.15, 0.2) is 53.6 Å². The van der Waals surface area contributed by atoms with Gasteiger partial charge in [-0.1, -0.05) is 48.9 Å². The lowest BCUT2D eigenvalue weighted by Gasteiger charge is -2.00. The predicted molar refractivity (Wildman–Crippen MR) is 99.9 cm³/mol. The van der Waals surface area contributed by atoms with E-state index in [2.05, 4.69) is 27.6 Å². The monoisotopic (exact) mass is 370 g/mol. The van der Waals surface area contributed by atoms with Crippen LogP contribution >= 0.6 is 11.6 Å². The van der Waals surface area contributed by atoms with Crippen LogP contribution in [0, 0.1) is 5.82 Å². The van der Waals surface area contributed by atoms with E-state index < -0.39 is 11.7 Å². The van der Waals surface area contributed by atoms with Crippen molar-refractivity contribution in [2.75, 3.05) is 0 Å². The van der Waals surface area contributed by atoms with E-state index in [-0.39, 0.29) is 16.3 Å². The highest BCUT2D eigenvalue weighted by Crippen LogP contribution is 2.19. The Labute approximate surface area is 154 Å². The van der Waals surface area contributed by atoms with Crippen LogP contribution in [0.1, 0.15) is 28.5 Å². The number of carbonyl (C=O) groups is 1. The maximum absolute atomic E-state index is 13.6. The van der Waals surface area contributed by atoms with E-state index in [1.165, 1.54) is 17.7 Å². The Hall–Kier alpha value is -2.99. The first-order valence-electron chi connectivity index (χ1n) is 8.00. The van der Waals surface area contributed by atoms with Crippen LogP contribution in [-0.2, 0) is 6.42 Å². The van der Waals surface area contributed by atoms with Crippen LogP contribution in [-0.4, -0.2) is 22.3 Å². The van der Waals surface area contributed by atoms with Gasteiger partial charge in [0.15, 0.2) is 0 Å². The summed E-state index contributed by atoms with van der Waals surface area (Å²) in [4.78, 5) is 12.1. The number of aromatic nitrogens is 2. The van der Waals surface area contributed by atoms with E-state index in [1.54, 1.807) is 12.1 Å². The Bertz CT molecular complexity index is 930. The van der Waals surface area contributed by atoms with Crippen molar-refractivity contribution in [1.29, 1.82) is 0 Å². The van der Waals surface area contributed by atoms with E-state index in [0.717, 1.165) is 18.2 Å². The van der Waals surface area contributed by atoms with Crippen LogP contribution in [0.4, 0.5) is 4.39 Å². The van der Waals surface area contributed by atoms with Crippen molar-refractivity contribution < 1.29 is 9.18 Å². The van der Waals surface area contributed by atoms with Gasteiger partial charge in [-0.3, -0.25) is 9.89 Å². The van der Waals surface area contributed by atoms with Crippen molar-refractivity contribution in [1.82, 2.24) is 15.6 Å². The highest BCUT2D eigenvalue weighted by molar-refractivity contribution is 6.33. The van der Waals surface area contributed by atoms with Gasteiger partial charge in [-0.2, -0.15) is 10.2 Å². The fraction of sp³-hybridized carbons (Fsp3) is 0.105. The average molecular weight is 371 g/mol. The zero-order chi connectivity index (χ0) is 18.5. The van der Waals surface area contributed by atoms with E-state index in [9.17, 15) is 9.18 Å². The minimum atomic E-state index is -0.519. The lowest BCUT2D eigenvalue weighted by atomic mass is 10.1. The molecule has 0 radical (unpaired) electrons.